The zero-order valence-corrected chi connectivity index (χ0v) is 12.7. The van der Waals surface area contributed by atoms with E-state index in [0.29, 0.717) is 0 Å². The maximum Gasteiger partial charge on any atom is 0.355 e. The van der Waals surface area contributed by atoms with E-state index in [1.807, 2.05) is 0 Å². The van der Waals surface area contributed by atoms with Crippen LogP contribution in [0.4, 0.5) is 0 Å². The third kappa shape index (κ3) is 2.60. The topological polar surface area (TPSA) is 107 Å². The highest BCUT2D eigenvalue weighted by atomic mass is 32.2. The lowest BCUT2D eigenvalue weighted by atomic mass is 10.1. The molecule has 0 unspecified atom stereocenters. The Morgan fingerprint density at radius 2 is 2.00 bits per heavy atom. The van der Waals surface area contributed by atoms with E-state index < -0.39 is 38.8 Å². The first-order valence-corrected chi connectivity index (χ1v) is 8.61. The maximum absolute atomic E-state index is 12.2. The minimum atomic E-state index is -3.58. The monoisotopic (exact) mass is 329 g/mol. The van der Waals surface area contributed by atoms with Gasteiger partial charge in [0.15, 0.2) is 9.84 Å². The van der Waals surface area contributed by atoms with Crippen molar-refractivity contribution < 1.29 is 32.3 Å². The Balaban J connectivity index is 1.95. The predicted octanol–water partition coefficient (Wildman–Crippen LogP) is -0.504. The highest BCUT2D eigenvalue weighted by molar-refractivity contribution is 7.92. The molecule has 1 saturated heterocycles. The van der Waals surface area contributed by atoms with Gasteiger partial charge in [0.1, 0.15) is 23.8 Å². The van der Waals surface area contributed by atoms with Crippen LogP contribution in [0.2, 0.25) is 0 Å². The zero-order chi connectivity index (χ0) is 16.1. The molecule has 2 heterocycles. The molecular formula is C13H15NO7S. The van der Waals surface area contributed by atoms with Gasteiger partial charge in [0, 0.05) is 12.5 Å². The second-order valence-electron chi connectivity index (χ2n) is 5.57. The molecule has 2 fully saturated rings. The third-order valence-electron chi connectivity index (χ3n) is 3.71. The molecule has 9 heteroatoms. The summed E-state index contributed by atoms with van der Waals surface area (Å²) in [5, 5.41) is -1.01. The van der Waals surface area contributed by atoms with E-state index >= 15 is 0 Å². The van der Waals surface area contributed by atoms with Crippen LogP contribution in [0.25, 0.3) is 0 Å². The van der Waals surface area contributed by atoms with Crippen molar-refractivity contribution in [2.24, 2.45) is 0 Å². The van der Waals surface area contributed by atoms with Crippen LogP contribution >= 0.6 is 0 Å². The number of β-lactam (4-membered cyclic amide) rings is 1. The molecule has 0 radical (unpaired) electrons. The summed E-state index contributed by atoms with van der Waals surface area (Å²) in [7, 11) is -3.58. The standard InChI is InChI=1S/C13H15NO7S/c1-7(15)20-5-8-6-22(18,19)11-4-10(16)14(11)12(8)13(17)21-9-2-3-9/h9,11H,2-6H2,1H3/t11-/m0/s1. The Morgan fingerprint density at radius 1 is 1.32 bits per heavy atom. The second-order valence-corrected chi connectivity index (χ2v) is 7.73. The van der Waals surface area contributed by atoms with Crippen molar-refractivity contribution in [3.05, 3.63) is 11.3 Å². The summed E-state index contributed by atoms with van der Waals surface area (Å²) in [6.07, 6.45) is 1.20. The number of amides is 1. The smallest absolute Gasteiger partial charge is 0.355 e. The molecule has 1 saturated carbocycles. The van der Waals surface area contributed by atoms with Crippen LogP contribution in [-0.2, 0) is 33.7 Å². The second kappa shape index (κ2) is 5.08. The number of carbonyl (C=O) groups excluding carboxylic acids is 3. The molecule has 0 aromatic carbocycles. The lowest BCUT2D eigenvalue weighted by molar-refractivity contribution is -0.150. The first-order valence-electron chi connectivity index (χ1n) is 6.89. The van der Waals surface area contributed by atoms with Gasteiger partial charge >= 0.3 is 11.9 Å². The summed E-state index contributed by atoms with van der Waals surface area (Å²) in [4.78, 5) is 35.9. The van der Waals surface area contributed by atoms with Crippen LogP contribution in [0.15, 0.2) is 11.3 Å². The Hall–Kier alpha value is -1.90. The largest absolute Gasteiger partial charge is 0.461 e. The fourth-order valence-corrected chi connectivity index (χ4v) is 4.29. The normalized spacial score (nSPS) is 26.1. The van der Waals surface area contributed by atoms with Crippen LogP contribution in [0, 0.1) is 0 Å². The molecule has 22 heavy (non-hydrogen) atoms. The molecule has 3 rings (SSSR count). The number of nitrogens with zero attached hydrogens (tertiary/aromatic N) is 1. The van der Waals surface area contributed by atoms with Crippen LogP contribution in [0.3, 0.4) is 0 Å². The van der Waals surface area contributed by atoms with Crippen molar-refractivity contribution in [1.82, 2.24) is 4.90 Å². The molecule has 1 atom stereocenters. The van der Waals surface area contributed by atoms with Gasteiger partial charge in [-0.05, 0) is 12.8 Å². The first-order chi connectivity index (χ1) is 10.3. The summed E-state index contributed by atoms with van der Waals surface area (Å²) in [5.41, 5.74) is 0.00868. The van der Waals surface area contributed by atoms with Gasteiger partial charge in [0.25, 0.3) is 0 Å². The van der Waals surface area contributed by atoms with E-state index in [1.54, 1.807) is 0 Å². The molecule has 3 aliphatic rings. The van der Waals surface area contributed by atoms with Crippen molar-refractivity contribution in [2.45, 2.75) is 37.7 Å². The molecule has 1 aliphatic carbocycles. The van der Waals surface area contributed by atoms with Gasteiger partial charge in [-0.15, -0.1) is 0 Å². The van der Waals surface area contributed by atoms with Crippen molar-refractivity contribution >= 4 is 27.7 Å². The van der Waals surface area contributed by atoms with Gasteiger partial charge in [-0.2, -0.15) is 0 Å². The molecule has 0 aromatic rings. The average Bonchev–Trinajstić information content (AvgIpc) is 3.20. The first kappa shape index (κ1) is 15.0. The molecule has 0 spiro atoms. The summed E-state index contributed by atoms with van der Waals surface area (Å²) in [5.74, 6) is -2.19. The lowest BCUT2D eigenvalue weighted by Gasteiger charge is -2.43. The number of sulfone groups is 1. The summed E-state index contributed by atoms with van der Waals surface area (Å²) >= 11 is 0. The molecular weight excluding hydrogens is 314 g/mol. The van der Waals surface area contributed by atoms with E-state index in [1.165, 1.54) is 6.92 Å². The lowest BCUT2D eigenvalue weighted by Crippen LogP contribution is -2.60. The third-order valence-corrected chi connectivity index (χ3v) is 5.67. The minimum absolute atomic E-state index is 0.0794. The van der Waals surface area contributed by atoms with Crippen molar-refractivity contribution in [2.75, 3.05) is 12.4 Å². The number of hydrogen-bond acceptors (Lipinski definition) is 7. The Morgan fingerprint density at radius 3 is 2.55 bits per heavy atom. The van der Waals surface area contributed by atoms with Crippen molar-refractivity contribution in [3.63, 3.8) is 0 Å². The Labute approximate surface area is 127 Å². The number of carbonyl (C=O) groups is 3. The fraction of sp³-hybridized carbons (Fsp3) is 0.615. The molecule has 0 bridgehead atoms. The molecule has 8 nitrogen and oxygen atoms in total. The predicted molar refractivity (Wildman–Crippen MR) is 71.8 cm³/mol. The highest BCUT2D eigenvalue weighted by Crippen LogP contribution is 2.37. The highest BCUT2D eigenvalue weighted by Gasteiger charge is 2.53. The van der Waals surface area contributed by atoms with Crippen LogP contribution in [0.1, 0.15) is 26.2 Å². The quantitative estimate of drug-likeness (QED) is 0.505. The SMILES string of the molecule is CC(=O)OCC1=C(C(=O)OC2CC2)N2C(=O)C[C@@H]2S(=O)(=O)C1. The van der Waals surface area contributed by atoms with Gasteiger partial charge in [0.2, 0.25) is 5.91 Å². The summed E-state index contributed by atoms with van der Waals surface area (Å²) in [6, 6.07) is 0. The van der Waals surface area contributed by atoms with Crippen LogP contribution in [0.5, 0.6) is 0 Å². The van der Waals surface area contributed by atoms with E-state index in [-0.39, 0.29) is 30.4 Å². The molecule has 0 N–H and O–H groups in total. The summed E-state index contributed by atoms with van der Waals surface area (Å²) < 4.78 is 34.2. The van der Waals surface area contributed by atoms with Gasteiger partial charge in [-0.1, -0.05) is 0 Å². The number of hydrogen-bond donors (Lipinski definition) is 0. The van der Waals surface area contributed by atoms with E-state index in [9.17, 15) is 22.8 Å². The van der Waals surface area contributed by atoms with Gasteiger partial charge in [0.05, 0.1) is 12.2 Å². The fourth-order valence-electron chi connectivity index (χ4n) is 2.46. The molecule has 2 aliphatic heterocycles. The van der Waals surface area contributed by atoms with Crippen molar-refractivity contribution in [3.8, 4) is 0 Å². The molecule has 0 aromatic heterocycles. The number of esters is 2. The number of rotatable bonds is 4. The Kier molecular flexibility index (Phi) is 3.47. The van der Waals surface area contributed by atoms with Crippen molar-refractivity contribution in [1.29, 1.82) is 0 Å². The molecule has 1 amide bonds. The van der Waals surface area contributed by atoms with Crippen LogP contribution in [-0.4, -0.2) is 55.0 Å². The summed E-state index contributed by atoms with van der Waals surface area (Å²) in [6.45, 7) is 0.831. The van der Waals surface area contributed by atoms with E-state index in [4.69, 9.17) is 9.47 Å². The number of ether oxygens (including phenoxy) is 2. The van der Waals surface area contributed by atoms with E-state index in [2.05, 4.69) is 0 Å². The molecule has 120 valence electrons. The van der Waals surface area contributed by atoms with Gasteiger partial charge < -0.3 is 9.47 Å². The van der Waals surface area contributed by atoms with E-state index in [0.717, 1.165) is 17.7 Å². The van der Waals surface area contributed by atoms with Gasteiger partial charge in [-0.25, -0.2) is 13.2 Å². The minimum Gasteiger partial charge on any atom is -0.461 e. The Bertz CT molecular complexity index is 689. The number of fused-ring (bicyclic) bond motifs is 1. The van der Waals surface area contributed by atoms with Crippen LogP contribution < -0.4 is 0 Å². The maximum atomic E-state index is 12.2. The zero-order valence-electron chi connectivity index (χ0n) is 11.9. The van der Waals surface area contributed by atoms with Gasteiger partial charge in [-0.3, -0.25) is 14.5 Å². The average molecular weight is 329 g/mol.